The van der Waals surface area contributed by atoms with Crippen molar-refractivity contribution in [3.63, 3.8) is 0 Å². The summed E-state index contributed by atoms with van der Waals surface area (Å²) in [6.45, 7) is 0. The van der Waals surface area contributed by atoms with Crippen LogP contribution in [0.4, 0.5) is 0 Å². The molecular weight excluding hydrogens is 340 g/mol. The Morgan fingerprint density at radius 3 is 1.57 bits per heavy atom. The average molecular weight is 356 g/mol. The Labute approximate surface area is 137 Å². The standard InChI is InChI=1S/C19H16BrS/c20-17-13-11-16(12-14-17)15-21(18-7-3-1-4-8-18)19-9-5-2-6-10-19/h1-14H,15H2/q+1. The first-order valence-electron chi connectivity index (χ1n) is 6.88. The van der Waals surface area contributed by atoms with Crippen LogP contribution in [0, 0.1) is 0 Å². The summed E-state index contributed by atoms with van der Waals surface area (Å²) >= 11 is 3.50. The first kappa shape index (κ1) is 14.4. The first-order valence-corrected chi connectivity index (χ1v) is 9.07. The van der Waals surface area contributed by atoms with Gasteiger partial charge in [-0.3, -0.25) is 0 Å². The van der Waals surface area contributed by atoms with E-state index in [9.17, 15) is 0 Å². The minimum atomic E-state index is 0.0759. The van der Waals surface area contributed by atoms with Gasteiger partial charge in [0, 0.05) is 10.0 Å². The predicted octanol–water partition coefficient (Wildman–Crippen LogP) is 5.69. The lowest BCUT2D eigenvalue weighted by molar-refractivity contribution is 1.30. The highest BCUT2D eigenvalue weighted by Crippen LogP contribution is 2.27. The van der Waals surface area contributed by atoms with Crippen LogP contribution in [0.2, 0.25) is 0 Å². The smallest absolute Gasteiger partial charge is 0.0619 e. The summed E-state index contributed by atoms with van der Waals surface area (Å²) in [7, 11) is 0.0759. The monoisotopic (exact) mass is 355 g/mol. The summed E-state index contributed by atoms with van der Waals surface area (Å²) in [6.07, 6.45) is 0. The van der Waals surface area contributed by atoms with E-state index in [0.717, 1.165) is 10.2 Å². The van der Waals surface area contributed by atoms with Gasteiger partial charge in [-0.15, -0.1) is 0 Å². The molecule has 0 saturated carbocycles. The maximum absolute atomic E-state index is 3.50. The summed E-state index contributed by atoms with van der Waals surface area (Å²) < 4.78 is 1.13. The Morgan fingerprint density at radius 2 is 1.10 bits per heavy atom. The second-order valence-corrected chi connectivity index (χ2v) is 7.72. The SMILES string of the molecule is Brc1ccc(C[S+](c2ccccc2)c2ccccc2)cc1. The molecule has 0 saturated heterocycles. The average Bonchev–Trinajstić information content (AvgIpc) is 2.56. The molecule has 0 amide bonds. The van der Waals surface area contributed by atoms with Gasteiger partial charge in [-0.25, -0.2) is 0 Å². The molecular formula is C19H16BrS+. The molecule has 104 valence electrons. The molecule has 0 aliphatic rings. The number of halogens is 1. The molecule has 3 aromatic rings. The number of benzene rings is 3. The molecule has 0 radical (unpaired) electrons. The molecule has 0 N–H and O–H groups in total. The van der Waals surface area contributed by atoms with Gasteiger partial charge in [-0.05, 0) is 36.4 Å². The highest BCUT2D eigenvalue weighted by atomic mass is 79.9. The quantitative estimate of drug-likeness (QED) is 0.527. The van der Waals surface area contributed by atoms with Gasteiger partial charge in [0.05, 0.1) is 10.9 Å². The molecule has 0 atom stereocenters. The lowest BCUT2D eigenvalue weighted by atomic mass is 10.2. The van der Waals surface area contributed by atoms with Crippen LogP contribution in [0.1, 0.15) is 5.56 Å². The van der Waals surface area contributed by atoms with Crippen molar-refractivity contribution in [1.29, 1.82) is 0 Å². The van der Waals surface area contributed by atoms with Gasteiger partial charge in [-0.2, -0.15) is 0 Å². The third-order valence-corrected chi connectivity index (χ3v) is 6.11. The van der Waals surface area contributed by atoms with Crippen LogP contribution >= 0.6 is 15.9 Å². The number of rotatable bonds is 4. The van der Waals surface area contributed by atoms with Gasteiger partial charge in [0.2, 0.25) is 0 Å². The molecule has 21 heavy (non-hydrogen) atoms. The number of hydrogen-bond acceptors (Lipinski definition) is 0. The molecule has 0 aliphatic heterocycles. The zero-order chi connectivity index (χ0) is 14.5. The minimum Gasteiger partial charge on any atom is -0.0619 e. The van der Waals surface area contributed by atoms with Crippen molar-refractivity contribution in [3.05, 3.63) is 95.0 Å². The molecule has 0 nitrogen and oxygen atoms in total. The van der Waals surface area contributed by atoms with Crippen molar-refractivity contribution in [1.82, 2.24) is 0 Å². The third kappa shape index (κ3) is 3.78. The van der Waals surface area contributed by atoms with Crippen LogP contribution < -0.4 is 0 Å². The van der Waals surface area contributed by atoms with E-state index in [0.29, 0.717) is 0 Å². The Morgan fingerprint density at radius 1 is 0.619 bits per heavy atom. The van der Waals surface area contributed by atoms with Gasteiger partial charge in [0.25, 0.3) is 0 Å². The normalized spacial score (nSPS) is 10.8. The zero-order valence-electron chi connectivity index (χ0n) is 11.6. The van der Waals surface area contributed by atoms with Gasteiger partial charge in [0.15, 0.2) is 9.79 Å². The molecule has 0 unspecified atom stereocenters. The Kier molecular flexibility index (Phi) is 4.79. The van der Waals surface area contributed by atoms with E-state index in [4.69, 9.17) is 0 Å². The van der Waals surface area contributed by atoms with Crippen molar-refractivity contribution >= 4 is 26.8 Å². The van der Waals surface area contributed by atoms with Crippen molar-refractivity contribution < 1.29 is 0 Å². The fourth-order valence-electron chi connectivity index (χ4n) is 2.22. The molecule has 0 aliphatic carbocycles. The fraction of sp³-hybridized carbons (Fsp3) is 0.0526. The fourth-order valence-corrected chi connectivity index (χ4v) is 4.59. The van der Waals surface area contributed by atoms with E-state index in [1.54, 1.807) is 0 Å². The van der Waals surface area contributed by atoms with Gasteiger partial charge in [0.1, 0.15) is 5.75 Å². The molecule has 0 fully saturated rings. The van der Waals surface area contributed by atoms with Crippen LogP contribution in [0.3, 0.4) is 0 Å². The molecule has 0 heterocycles. The molecule has 2 heteroatoms. The topological polar surface area (TPSA) is 0 Å². The van der Waals surface area contributed by atoms with E-state index in [-0.39, 0.29) is 10.9 Å². The van der Waals surface area contributed by atoms with Crippen LogP contribution in [0.25, 0.3) is 0 Å². The van der Waals surface area contributed by atoms with Crippen LogP contribution in [-0.4, -0.2) is 0 Å². The Balaban J connectivity index is 1.95. The summed E-state index contributed by atoms with van der Waals surface area (Å²) in [5.74, 6) is 1.04. The molecule has 0 spiro atoms. The highest BCUT2D eigenvalue weighted by Gasteiger charge is 2.25. The van der Waals surface area contributed by atoms with Crippen molar-refractivity contribution in [2.24, 2.45) is 0 Å². The van der Waals surface area contributed by atoms with Gasteiger partial charge < -0.3 is 0 Å². The molecule has 0 aromatic heterocycles. The second kappa shape index (κ2) is 6.97. The van der Waals surface area contributed by atoms with E-state index >= 15 is 0 Å². The van der Waals surface area contributed by atoms with Crippen molar-refractivity contribution in [2.75, 3.05) is 0 Å². The van der Waals surface area contributed by atoms with E-state index in [2.05, 4.69) is 101 Å². The lowest BCUT2D eigenvalue weighted by Crippen LogP contribution is -2.07. The molecule has 0 bridgehead atoms. The zero-order valence-corrected chi connectivity index (χ0v) is 14.0. The third-order valence-electron chi connectivity index (χ3n) is 3.28. The first-order chi connectivity index (χ1) is 10.3. The summed E-state index contributed by atoms with van der Waals surface area (Å²) in [5, 5.41) is 0. The van der Waals surface area contributed by atoms with Crippen molar-refractivity contribution in [3.8, 4) is 0 Å². The minimum absolute atomic E-state index is 0.0759. The van der Waals surface area contributed by atoms with Crippen molar-refractivity contribution in [2.45, 2.75) is 15.5 Å². The predicted molar refractivity (Wildman–Crippen MR) is 94.6 cm³/mol. The van der Waals surface area contributed by atoms with Gasteiger partial charge in [-0.1, -0.05) is 64.5 Å². The maximum atomic E-state index is 3.50. The highest BCUT2D eigenvalue weighted by molar-refractivity contribution is 9.10. The Hall–Kier alpha value is -1.51. The van der Waals surface area contributed by atoms with Crippen LogP contribution in [-0.2, 0) is 16.6 Å². The molecule has 3 aromatic carbocycles. The summed E-state index contributed by atoms with van der Waals surface area (Å²) in [6, 6.07) is 30.2. The van der Waals surface area contributed by atoms with E-state index in [1.165, 1.54) is 15.4 Å². The second-order valence-electron chi connectivity index (χ2n) is 4.79. The van der Waals surface area contributed by atoms with E-state index < -0.39 is 0 Å². The van der Waals surface area contributed by atoms with Crippen LogP contribution in [0.15, 0.2) is 99.2 Å². The van der Waals surface area contributed by atoms with Gasteiger partial charge >= 0.3 is 0 Å². The molecule has 3 rings (SSSR count). The Bertz CT molecular complexity index is 638. The van der Waals surface area contributed by atoms with E-state index in [1.807, 2.05) is 0 Å². The maximum Gasteiger partial charge on any atom is 0.161 e. The largest absolute Gasteiger partial charge is 0.161 e. The number of hydrogen-bond donors (Lipinski definition) is 0. The summed E-state index contributed by atoms with van der Waals surface area (Å²) in [4.78, 5) is 2.79. The van der Waals surface area contributed by atoms with Crippen LogP contribution in [0.5, 0.6) is 0 Å². The lowest BCUT2D eigenvalue weighted by Gasteiger charge is -2.08. The summed E-state index contributed by atoms with van der Waals surface area (Å²) in [5.41, 5.74) is 1.37.